The predicted octanol–water partition coefficient (Wildman–Crippen LogP) is 2.96. The van der Waals surface area contributed by atoms with Crippen molar-refractivity contribution in [2.24, 2.45) is 0 Å². The lowest BCUT2D eigenvalue weighted by molar-refractivity contribution is 0.0521. The SMILES string of the molecule is CCOC(=O)c1c(S)ccc(C(F)F)c1C#N. The molecule has 0 atom stereocenters. The number of carbonyl (C=O) groups excluding carboxylic acids is 1. The summed E-state index contributed by atoms with van der Waals surface area (Å²) < 4.78 is 30.0. The Labute approximate surface area is 102 Å². The van der Waals surface area contributed by atoms with Crippen molar-refractivity contribution in [3.05, 3.63) is 28.8 Å². The molecule has 0 amide bonds. The quantitative estimate of drug-likeness (QED) is 0.669. The first-order chi connectivity index (χ1) is 8.02. The van der Waals surface area contributed by atoms with E-state index in [1.807, 2.05) is 0 Å². The number of hydrogen-bond acceptors (Lipinski definition) is 4. The number of hydrogen-bond donors (Lipinski definition) is 1. The first-order valence-electron chi connectivity index (χ1n) is 4.74. The summed E-state index contributed by atoms with van der Waals surface area (Å²) in [6.45, 7) is 1.68. The minimum Gasteiger partial charge on any atom is -0.462 e. The average Bonchev–Trinajstić information content (AvgIpc) is 2.28. The summed E-state index contributed by atoms with van der Waals surface area (Å²) in [5.41, 5.74) is -1.09. The molecule has 0 aliphatic carbocycles. The molecule has 6 heteroatoms. The summed E-state index contributed by atoms with van der Waals surface area (Å²) in [5, 5.41) is 8.86. The van der Waals surface area contributed by atoms with Gasteiger partial charge in [-0.2, -0.15) is 5.26 Å². The number of ether oxygens (including phenoxy) is 1. The lowest BCUT2D eigenvalue weighted by atomic mass is 10.0. The molecule has 0 spiro atoms. The molecule has 0 aliphatic heterocycles. The summed E-state index contributed by atoms with van der Waals surface area (Å²) in [5.74, 6) is -0.823. The van der Waals surface area contributed by atoms with Gasteiger partial charge < -0.3 is 4.74 Å². The molecule has 0 unspecified atom stereocenters. The molecule has 1 rings (SSSR count). The lowest BCUT2D eigenvalue weighted by Crippen LogP contribution is -2.10. The van der Waals surface area contributed by atoms with Crippen molar-refractivity contribution in [3.8, 4) is 6.07 Å². The number of nitrogens with zero attached hydrogens (tertiary/aromatic N) is 1. The molecule has 0 fully saturated rings. The molecule has 0 radical (unpaired) electrons. The van der Waals surface area contributed by atoms with Gasteiger partial charge in [-0.3, -0.25) is 0 Å². The highest BCUT2D eigenvalue weighted by Crippen LogP contribution is 2.29. The standard InChI is InChI=1S/C11H9F2NO2S/c1-2-16-11(15)9-7(5-14)6(10(12)13)3-4-8(9)17/h3-4,10,17H,2H2,1H3. The first-order valence-corrected chi connectivity index (χ1v) is 5.18. The van der Waals surface area contributed by atoms with Crippen molar-refractivity contribution >= 4 is 18.6 Å². The van der Waals surface area contributed by atoms with E-state index in [4.69, 9.17) is 10.00 Å². The zero-order valence-corrected chi connectivity index (χ0v) is 9.80. The van der Waals surface area contributed by atoms with Gasteiger partial charge in [0.05, 0.1) is 17.7 Å². The second-order valence-electron chi connectivity index (χ2n) is 3.06. The number of esters is 1. The zero-order chi connectivity index (χ0) is 13.0. The Kier molecular flexibility index (Phi) is 4.46. The first kappa shape index (κ1) is 13.5. The molecular formula is C11H9F2NO2S. The Morgan fingerprint density at radius 1 is 1.59 bits per heavy atom. The molecule has 1 aromatic carbocycles. The Bertz CT molecular complexity index is 483. The van der Waals surface area contributed by atoms with Gasteiger partial charge in [0.25, 0.3) is 6.43 Å². The average molecular weight is 257 g/mol. The molecule has 0 saturated heterocycles. The van der Waals surface area contributed by atoms with Crippen LogP contribution < -0.4 is 0 Å². The summed E-state index contributed by atoms with van der Waals surface area (Å²) in [6.07, 6.45) is -2.83. The van der Waals surface area contributed by atoms with Crippen LogP contribution in [0.5, 0.6) is 0 Å². The van der Waals surface area contributed by atoms with Gasteiger partial charge in [-0.05, 0) is 13.0 Å². The van der Waals surface area contributed by atoms with Gasteiger partial charge in [0, 0.05) is 10.5 Å². The summed E-state index contributed by atoms with van der Waals surface area (Å²) in [7, 11) is 0. The van der Waals surface area contributed by atoms with Crippen molar-refractivity contribution in [1.29, 1.82) is 5.26 Å². The number of nitriles is 1. The van der Waals surface area contributed by atoms with Crippen LogP contribution in [-0.2, 0) is 4.74 Å². The van der Waals surface area contributed by atoms with Crippen molar-refractivity contribution < 1.29 is 18.3 Å². The van der Waals surface area contributed by atoms with E-state index in [1.165, 1.54) is 6.07 Å². The summed E-state index contributed by atoms with van der Waals surface area (Å²) in [6, 6.07) is 3.92. The van der Waals surface area contributed by atoms with E-state index in [0.717, 1.165) is 6.07 Å². The van der Waals surface area contributed by atoms with Crippen LogP contribution >= 0.6 is 12.6 Å². The van der Waals surface area contributed by atoms with E-state index < -0.39 is 18.0 Å². The van der Waals surface area contributed by atoms with Crippen LogP contribution in [0.4, 0.5) is 8.78 Å². The molecule has 0 aromatic heterocycles. The second-order valence-corrected chi connectivity index (χ2v) is 3.54. The smallest absolute Gasteiger partial charge is 0.340 e. The highest BCUT2D eigenvalue weighted by molar-refractivity contribution is 7.80. The molecule has 17 heavy (non-hydrogen) atoms. The molecule has 90 valence electrons. The van der Waals surface area contributed by atoms with Crippen LogP contribution in [0.25, 0.3) is 0 Å². The highest BCUT2D eigenvalue weighted by atomic mass is 32.1. The Balaban J connectivity index is 3.42. The predicted molar refractivity (Wildman–Crippen MR) is 59.3 cm³/mol. The van der Waals surface area contributed by atoms with Gasteiger partial charge in [0.1, 0.15) is 6.07 Å². The Hall–Kier alpha value is -1.61. The fraction of sp³-hybridized carbons (Fsp3) is 0.273. The van der Waals surface area contributed by atoms with Gasteiger partial charge >= 0.3 is 5.97 Å². The second kappa shape index (κ2) is 5.64. The maximum Gasteiger partial charge on any atom is 0.340 e. The number of rotatable bonds is 3. The van der Waals surface area contributed by atoms with Gasteiger partial charge in [-0.1, -0.05) is 6.07 Å². The van der Waals surface area contributed by atoms with Crippen LogP contribution in [0.15, 0.2) is 17.0 Å². The fourth-order valence-electron chi connectivity index (χ4n) is 1.32. The molecule has 0 heterocycles. The van der Waals surface area contributed by atoms with Gasteiger partial charge in [-0.25, -0.2) is 13.6 Å². The van der Waals surface area contributed by atoms with E-state index >= 15 is 0 Å². The van der Waals surface area contributed by atoms with Crippen molar-refractivity contribution in [3.63, 3.8) is 0 Å². The molecule has 0 aliphatic rings. The summed E-state index contributed by atoms with van der Waals surface area (Å²) >= 11 is 3.97. The fourth-order valence-corrected chi connectivity index (χ4v) is 1.60. The van der Waals surface area contributed by atoms with Crippen molar-refractivity contribution in [2.45, 2.75) is 18.2 Å². The number of benzene rings is 1. The maximum atomic E-state index is 12.6. The van der Waals surface area contributed by atoms with Gasteiger partial charge in [0.2, 0.25) is 0 Å². The third kappa shape index (κ3) is 2.74. The molecule has 0 N–H and O–H groups in total. The number of alkyl halides is 2. The van der Waals surface area contributed by atoms with E-state index in [0.29, 0.717) is 0 Å². The van der Waals surface area contributed by atoms with Crippen molar-refractivity contribution in [1.82, 2.24) is 0 Å². The maximum absolute atomic E-state index is 12.6. The van der Waals surface area contributed by atoms with E-state index in [2.05, 4.69) is 12.6 Å². The number of halogens is 2. The molecule has 1 aromatic rings. The van der Waals surface area contributed by atoms with Gasteiger partial charge in [0.15, 0.2) is 0 Å². The van der Waals surface area contributed by atoms with Crippen LogP contribution in [0.3, 0.4) is 0 Å². The Morgan fingerprint density at radius 3 is 2.71 bits per heavy atom. The third-order valence-electron chi connectivity index (χ3n) is 2.04. The monoisotopic (exact) mass is 257 g/mol. The van der Waals surface area contributed by atoms with Crippen LogP contribution in [0, 0.1) is 11.3 Å². The molecular weight excluding hydrogens is 248 g/mol. The van der Waals surface area contributed by atoms with E-state index in [1.54, 1.807) is 13.0 Å². The third-order valence-corrected chi connectivity index (χ3v) is 2.41. The van der Waals surface area contributed by atoms with Crippen LogP contribution in [-0.4, -0.2) is 12.6 Å². The topological polar surface area (TPSA) is 50.1 Å². The largest absolute Gasteiger partial charge is 0.462 e. The zero-order valence-electron chi connectivity index (χ0n) is 8.91. The van der Waals surface area contributed by atoms with Crippen molar-refractivity contribution in [2.75, 3.05) is 6.61 Å². The minimum atomic E-state index is -2.83. The Morgan fingerprint density at radius 2 is 2.24 bits per heavy atom. The van der Waals surface area contributed by atoms with Crippen LogP contribution in [0.2, 0.25) is 0 Å². The van der Waals surface area contributed by atoms with Crippen LogP contribution in [0.1, 0.15) is 34.8 Å². The van der Waals surface area contributed by atoms with E-state index in [-0.39, 0.29) is 22.6 Å². The molecule has 3 nitrogen and oxygen atoms in total. The summed E-state index contributed by atoms with van der Waals surface area (Å²) in [4.78, 5) is 11.7. The minimum absolute atomic E-state index is 0.0931. The van der Waals surface area contributed by atoms with E-state index in [9.17, 15) is 13.6 Å². The normalized spacial score (nSPS) is 10.1. The van der Waals surface area contributed by atoms with Gasteiger partial charge in [-0.15, -0.1) is 12.6 Å². The number of carbonyl (C=O) groups is 1. The highest BCUT2D eigenvalue weighted by Gasteiger charge is 2.23. The molecule has 0 bridgehead atoms. The number of thiol groups is 1. The molecule has 0 saturated carbocycles. The lowest BCUT2D eigenvalue weighted by Gasteiger charge is -2.10.